The van der Waals surface area contributed by atoms with Gasteiger partial charge in [0.2, 0.25) is 11.8 Å². The summed E-state index contributed by atoms with van der Waals surface area (Å²) in [5.74, 6) is 1.39. The van der Waals surface area contributed by atoms with Crippen molar-refractivity contribution in [2.24, 2.45) is 0 Å². The van der Waals surface area contributed by atoms with E-state index in [2.05, 4.69) is 15.3 Å². The van der Waals surface area contributed by atoms with Crippen molar-refractivity contribution in [3.8, 4) is 11.6 Å². The third-order valence-electron chi connectivity index (χ3n) is 2.27. The average molecular weight is 284 g/mol. The van der Waals surface area contributed by atoms with Gasteiger partial charge in [0.1, 0.15) is 10.8 Å². The number of aryl methyl sites for hydroxylation is 1. The van der Waals surface area contributed by atoms with Gasteiger partial charge in [-0.1, -0.05) is 29.3 Å². The fourth-order valence-corrected chi connectivity index (χ4v) is 1.65. The molecule has 2 aromatic rings. The minimum Gasteiger partial charge on any atom is -0.437 e. The number of rotatable bonds is 3. The smallest absolute Gasteiger partial charge is 0.227 e. The molecule has 94 valence electrons. The van der Waals surface area contributed by atoms with E-state index in [1.54, 1.807) is 31.4 Å². The van der Waals surface area contributed by atoms with E-state index in [-0.39, 0.29) is 0 Å². The highest BCUT2D eigenvalue weighted by molar-refractivity contribution is 6.42. The second kappa shape index (κ2) is 5.42. The third-order valence-corrected chi connectivity index (χ3v) is 3.07. The molecule has 0 atom stereocenters. The van der Waals surface area contributed by atoms with Gasteiger partial charge in [-0.15, -0.1) is 0 Å². The number of ether oxygens (including phenoxy) is 1. The Morgan fingerprint density at radius 3 is 2.78 bits per heavy atom. The predicted molar refractivity (Wildman–Crippen MR) is 72.9 cm³/mol. The van der Waals surface area contributed by atoms with E-state index in [0.717, 1.165) is 5.56 Å². The first kappa shape index (κ1) is 12.9. The van der Waals surface area contributed by atoms with Crippen LogP contribution in [-0.2, 0) is 0 Å². The Labute approximate surface area is 115 Å². The number of hydrogen-bond donors (Lipinski definition) is 1. The van der Waals surface area contributed by atoms with Crippen LogP contribution in [0.4, 0.5) is 5.95 Å². The van der Waals surface area contributed by atoms with Gasteiger partial charge in [0.15, 0.2) is 0 Å². The Balaban J connectivity index is 2.36. The monoisotopic (exact) mass is 283 g/mol. The highest BCUT2D eigenvalue weighted by Gasteiger charge is 2.10. The first-order valence-corrected chi connectivity index (χ1v) is 6.00. The minimum absolute atomic E-state index is 0.364. The van der Waals surface area contributed by atoms with Crippen LogP contribution >= 0.6 is 23.2 Å². The molecule has 1 aromatic heterocycles. The molecule has 0 spiro atoms. The van der Waals surface area contributed by atoms with E-state index in [0.29, 0.717) is 27.6 Å². The van der Waals surface area contributed by atoms with Gasteiger partial charge in [-0.2, -0.15) is 4.98 Å². The topological polar surface area (TPSA) is 47.0 Å². The van der Waals surface area contributed by atoms with Gasteiger partial charge in [-0.05, 0) is 19.1 Å². The lowest BCUT2D eigenvalue weighted by molar-refractivity contribution is 0.458. The van der Waals surface area contributed by atoms with Gasteiger partial charge in [-0.25, -0.2) is 4.98 Å². The van der Waals surface area contributed by atoms with E-state index in [1.807, 2.05) is 6.92 Å². The van der Waals surface area contributed by atoms with Gasteiger partial charge in [0.05, 0.1) is 5.02 Å². The normalized spacial score (nSPS) is 10.2. The van der Waals surface area contributed by atoms with Gasteiger partial charge < -0.3 is 10.1 Å². The largest absolute Gasteiger partial charge is 0.437 e. The highest BCUT2D eigenvalue weighted by atomic mass is 35.5. The van der Waals surface area contributed by atoms with Crippen molar-refractivity contribution in [1.29, 1.82) is 0 Å². The fourth-order valence-electron chi connectivity index (χ4n) is 1.32. The number of anilines is 1. The van der Waals surface area contributed by atoms with E-state index in [9.17, 15) is 0 Å². The number of aromatic nitrogens is 2. The van der Waals surface area contributed by atoms with Crippen LogP contribution in [0.2, 0.25) is 10.0 Å². The molecule has 0 unspecified atom stereocenters. The lowest BCUT2D eigenvalue weighted by Crippen LogP contribution is -1.99. The summed E-state index contributed by atoms with van der Waals surface area (Å²) in [6, 6.07) is 5.19. The molecule has 0 aliphatic carbocycles. The van der Waals surface area contributed by atoms with Gasteiger partial charge >= 0.3 is 0 Å². The lowest BCUT2D eigenvalue weighted by Gasteiger charge is -2.10. The molecule has 6 heteroatoms. The number of benzene rings is 1. The molecule has 0 aliphatic rings. The van der Waals surface area contributed by atoms with Crippen LogP contribution in [0.1, 0.15) is 5.56 Å². The summed E-state index contributed by atoms with van der Waals surface area (Å²) in [4.78, 5) is 8.29. The summed E-state index contributed by atoms with van der Waals surface area (Å²) in [7, 11) is 1.74. The first-order valence-electron chi connectivity index (χ1n) is 5.25. The van der Waals surface area contributed by atoms with Crippen LogP contribution in [0, 0.1) is 6.92 Å². The lowest BCUT2D eigenvalue weighted by atomic mass is 10.3. The Morgan fingerprint density at radius 1 is 1.28 bits per heavy atom. The maximum Gasteiger partial charge on any atom is 0.227 e. The van der Waals surface area contributed by atoms with Crippen molar-refractivity contribution in [2.75, 3.05) is 12.4 Å². The van der Waals surface area contributed by atoms with Crippen molar-refractivity contribution >= 4 is 29.2 Å². The Kier molecular flexibility index (Phi) is 3.89. The molecule has 0 saturated carbocycles. The SMILES string of the molecule is CNc1ncc(C)c(Oc2cccc(Cl)c2Cl)n1. The van der Waals surface area contributed by atoms with Crippen molar-refractivity contribution < 1.29 is 4.74 Å². The standard InChI is InChI=1S/C12H11Cl2N3O/c1-7-6-16-12(15-2)17-11(7)18-9-5-3-4-8(13)10(9)14/h3-6H,1-2H3,(H,15,16,17). The van der Waals surface area contributed by atoms with Crippen LogP contribution in [-0.4, -0.2) is 17.0 Å². The number of hydrogen-bond acceptors (Lipinski definition) is 4. The van der Waals surface area contributed by atoms with Crippen LogP contribution in [0.5, 0.6) is 11.6 Å². The Hall–Kier alpha value is -1.52. The van der Waals surface area contributed by atoms with Gasteiger partial charge in [0, 0.05) is 18.8 Å². The molecule has 0 aliphatic heterocycles. The molecule has 0 amide bonds. The van der Waals surface area contributed by atoms with E-state index < -0.39 is 0 Å². The van der Waals surface area contributed by atoms with Crippen LogP contribution in [0.25, 0.3) is 0 Å². The quantitative estimate of drug-likeness (QED) is 0.927. The van der Waals surface area contributed by atoms with Crippen LogP contribution in [0.3, 0.4) is 0 Å². The fraction of sp³-hybridized carbons (Fsp3) is 0.167. The Bertz CT molecular complexity index is 575. The molecule has 1 N–H and O–H groups in total. The molecule has 0 fully saturated rings. The predicted octanol–water partition coefficient (Wildman–Crippen LogP) is 3.93. The second-order valence-electron chi connectivity index (χ2n) is 3.59. The van der Waals surface area contributed by atoms with Crippen LogP contribution < -0.4 is 10.1 Å². The zero-order valence-corrected chi connectivity index (χ0v) is 11.4. The number of halogens is 2. The molecule has 1 heterocycles. The molecule has 18 heavy (non-hydrogen) atoms. The van der Waals surface area contributed by atoms with E-state index in [4.69, 9.17) is 27.9 Å². The van der Waals surface area contributed by atoms with Gasteiger partial charge in [-0.3, -0.25) is 0 Å². The molecule has 1 aromatic carbocycles. The number of nitrogens with one attached hydrogen (secondary N) is 1. The molecule has 4 nitrogen and oxygen atoms in total. The summed E-state index contributed by atoms with van der Waals surface area (Å²) in [6.45, 7) is 1.85. The maximum atomic E-state index is 6.05. The molecular weight excluding hydrogens is 273 g/mol. The summed E-state index contributed by atoms with van der Waals surface area (Å²) < 4.78 is 5.66. The van der Waals surface area contributed by atoms with Crippen molar-refractivity contribution in [1.82, 2.24) is 9.97 Å². The number of nitrogens with zero attached hydrogens (tertiary/aromatic N) is 2. The summed E-state index contributed by atoms with van der Waals surface area (Å²) in [6.07, 6.45) is 1.67. The summed E-state index contributed by atoms with van der Waals surface area (Å²) in [5, 5.41) is 3.65. The van der Waals surface area contributed by atoms with Gasteiger partial charge in [0.25, 0.3) is 0 Å². The van der Waals surface area contributed by atoms with E-state index in [1.165, 1.54) is 0 Å². The molecule has 0 radical (unpaired) electrons. The van der Waals surface area contributed by atoms with Crippen LogP contribution in [0.15, 0.2) is 24.4 Å². The highest BCUT2D eigenvalue weighted by Crippen LogP contribution is 2.34. The summed E-state index contributed by atoms with van der Waals surface area (Å²) >= 11 is 12.0. The van der Waals surface area contributed by atoms with E-state index >= 15 is 0 Å². The molecule has 2 rings (SSSR count). The third kappa shape index (κ3) is 2.66. The van der Waals surface area contributed by atoms with Crippen molar-refractivity contribution in [3.63, 3.8) is 0 Å². The Morgan fingerprint density at radius 2 is 2.06 bits per heavy atom. The zero-order valence-electron chi connectivity index (χ0n) is 9.87. The first-order chi connectivity index (χ1) is 8.61. The average Bonchev–Trinajstić information content (AvgIpc) is 2.37. The second-order valence-corrected chi connectivity index (χ2v) is 4.37. The molecular formula is C12H11Cl2N3O. The maximum absolute atomic E-state index is 6.05. The zero-order chi connectivity index (χ0) is 13.1. The minimum atomic E-state index is 0.364. The molecule has 0 saturated heterocycles. The van der Waals surface area contributed by atoms with Crippen molar-refractivity contribution in [2.45, 2.75) is 6.92 Å². The summed E-state index contributed by atoms with van der Waals surface area (Å²) in [5.41, 5.74) is 0.810. The van der Waals surface area contributed by atoms with Crippen molar-refractivity contribution in [3.05, 3.63) is 40.0 Å². The molecule has 0 bridgehead atoms.